The molecule has 4 aromatic rings. The second kappa shape index (κ2) is 9.09. The highest BCUT2D eigenvalue weighted by atomic mass is 19.4. The van der Waals surface area contributed by atoms with Gasteiger partial charge in [-0.3, -0.25) is 5.43 Å². The molecule has 10 heteroatoms. The molecule has 0 fully saturated rings. The summed E-state index contributed by atoms with van der Waals surface area (Å²) in [5.41, 5.74) is 1.81. The van der Waals surface area contributed by atoms with E-state index in [9.17, 15) is 30.7 Å². The number of aryl methyl sites for hydroxylation is 1. The minimum atomic E-state index is -5.62. The Morgan fingerprint density at radius 3 is 2.11 bits per heavy atom. The van der Waals surface area contributed by atoms with Crippen molar-refractivity contribution in [2.24, 2.45) is 5.10 Å². The number of hydrogen-bond donors (Lipinski definition) is 1. The first-order valence-electron chi connectivity index (χ1n) is 10.4. The number of halogens is 7. The summed E-state index contributed by atoms with van der Waals surface area (Å²) in [6, 6.07) is 15.3. The van der Waals surface area contributed by atoms with Gasteiger partial charge in [-0.15, -0.1) is 0 Å². The Labute approximate surface area is 195 Å². The number of anilines is 1. The molecule has 1 aromatic heterocycles. The number of nitrogens with zero attached hydrogens (tertiary/aromatic N) is 2. The van der Waals surface area contributed by atoms with Crippen LogP contribution in [0.5, 0.6) is 0 Å². The number of nitrogens with one attached hydrogen (secondary N) is 1. The Hall–Kier alpha value is -3.82. The molecule has 0 saturated heterocycles. The third-order valence-corrected chi connectivity index (χ3v) is 5.63. The van der Waals surface area contributed by atoms with Crippen LogP contribution in [0.4, 0.5) is 36.4 Å². The lowest BCUT2D eigenvalue weighted by Gasteiger charge is -2.13. The average molecular weight is 493 g/mol. The lowest BCUT2D eigenvalue weighted by molar-refractivity contribution is -0.143. The summed E-state index contributed by atoms with van der Waals surface area (Å²) in [5, 5.41) is 4.44. The van der Waals surface area contributed by atoms with Gasteiger partial charge in [-0.25, -0.2) is 17.6 Å². The quantitative estimate of drug-likeness (QED) is 0.134. The molecule has 1 N–H and O–H groups in total. The first kappa shape index (κ1) is 24.3. The van der Waals surface area contributed by atoms with Crippen LogP contribution in [0, 0.1) is 37.1 Å². The van der Waals surface area contributed by atoms with E-state index in [4.69, 9.17) is 0 Å². The van der Waals surface area contributed by atoms with Gasteiger partial charge in [0.1, 0.15) is 11.3 Å². The smallest absolute Gasteiger partial charge is 0.340 e. The van der Waals surface area contributed by atoms with Crippen LogP contribution in [0.25, 0.3) is 10.9 Å². The Kier molecular flexibility index (Phi) is 6.31. The molecule has 3 aromatic carbocycles. The molecule has 1 heterocycles. The van der Waals surface area contributed by atoms with Crippen molar-refractivity contribution in [3.63, 3.8) is 0 Å². The highest BCUT2D eigenvalue weighted by molar-refractivity contribution is 6.01. The number of aromatic nitrogens is 1. The largest absolute Gasteiger partial charge is 0.422 e. The number of fused-ring (bicyclic) bond motifs is 1. The number of hydrazone groups is 1. The van der Waals surface area contributed by atoms with Crippen molar-refractivity contribution >= 4 is 22.8 Å². The summed E-state index contributed by atoms with van der Waals surface area (Å²) in [4.78, 5) is 0. The number of rotatable bonds is 5. The summed E-state index contributed by atoms with van der Waals surface area (Å²) in [6.45, 7) is 4.20. The molecule has 0 radical (unpaired) electrons. The maximum absolute atomic E-state index is 14.2. The van der Waals surface area contributed by atoms with E-state index in [0.29, 0.717) is 12.1 Å². The molecule has 0 bridgehead atoms. The predicted molar refractivity (Wildman–Crippen MR) is 119 cm³/mol. The van der Waals surface area contributed by atoms with Gasteiger partial charge < -0.3 is 4.57 Å². The normalized spacial score (nSPS) is 12.1. The van der Waals surface area contributed by atoms with Gasteiger partial charge >= 0.3 is 6.18 Å². The van der Waals surface area contributed by atoms with E-state index >= 15 is 0 Å². The van der Waals surface area contributed by atoms with Crippen LogP contribution in [0.1, 0.15) is 27.9 Å². The van der Waals surface area contributed by atoms with Crippen LogP contribution in [-0.2, 0) is 12.7 Å². The maximum Gasteiger partial charge on any atom is 0.422 e. The Bertz CT molecular complexity index is 1410. The Morgan fingerprint density at radius 2 is 1.51 bits per heavy atom. The van der Waals surface area contributed by atoms with Gasteiger partial charge in [-0.1, -0.05) is 42.0 Å². The topological polar surface area (TPSA) is 29.3 Å². The van der Waals surface area contributed by atoms with Crippen molar-refractivity contribution in [3.8, 4) is 0 Å². The van der Waals surface area contributed by atoms with E-state index in [1.54, 1.807) is 6.92 Å². The molecule has 0 saturated carbocycles. The molecule has 182 valence electrons. The molecular formula is C25H18F7N3. The van der Waals surface area contributed by atoms with E-state index in [1.807, 2.05) is 65.4 Å². The first-order valence-corrected chi connectivity index (χ1v) is 10.4. The summed E-state index contributed by atoms with van der Waals surface area (Å²) in [5.74, 6) is -9.57. The Morgan fingerprint density at radius 1 is 0.886 bits per heavy atom. The van der Waals surface area contributed by atoms with Gasteiger partial charge in [0.15, 0.2) is 23.3 Å². The first-order chi connectivity index (χ1) is 16.5. The molecular weight excluding hydrogens is 475 g/mol. The van der Waals surface area contributed by atoms with Crippen LogP contribution in [0.3, 0.4) is 0 Å². The SMILES string of the molecule is Cc1ccc2c(c1)c(/C=N/Nc1c(F)c(F)c(C(F)(F)F)c(F)c1F)c(C)n2Cc1ccccc1. The van der Waals surface area contributed by atoms with Crippen molar-refractivity contribution in [3.05, 3.63) is 99.7 Å². The lowest BCUT2D eigenvalue weighted by Crippen LogP contribution is -2.16. The fraction of sp³-hybridized carbons (Fsp3) is 0.160. The minimum absolute atomic E-state index is 0.520. The second-order valence-corrected chi connectivity index (χ2v) is 7.97. The fourth-order valence-corrected chi connectivity index (χ4v) is 3.89. The summed E-state index contributed by atoms with van der Waals surface area (Å²) in [6.07, 6.45) is -4.42. The monoisotopic (exact) mass is 493 g/mol. The molecule has 0 amide bonds. The van der Waals surface area contributed by atoms with Gasteiger partial charge in [0, 0.05) is 28.7 Å². The second-order valence-electron chi connectivity index (χ2n) is 7.97. The van der Waals surface area contributed by atoms with Crippen molar-refractivity contribution < 1.29 is 30.7 Å². The maximum atomic E-state index is 14.2. The molecule has 0 aliphatic heterocycles. The van der Waals surface area contributed by atoms with Gasteiger partial charge in [-0.05, 0) is 31.5 Å². The summed E-state index contributed by atoms with van der Waals surface area (Å²) >= 11 is 0. The van der Waals surface area contributed by atoms with Gasteiger partial charge in [0.2, 0.25) is 0 Å². The van der Waals surface area contributed by atoms with Crippen LogP contribution >= 0.6 is 0 Å². The standard InChI is InChI=1S/C25H18F7N3/c1-13-8-9-18-16(10-13)17(14(2)35(18)12-15-6-4-3-5-7-15)11-33-34-24-22(28)20(26)19(25(30,31)32)21(27)23(24)29/h3-11,34H,12H2,1-2H3/b33-11+. The lowest BCUT2D eigenvalue weighted by atomic mass is 10.1. The molecule has 35 heavy (non-hydrogen) atoms. The molecule has 0 aliphatic carbocycles. The van der Waals surface area contributed by atoms with E-state index in [2.05, 4.69) is 5.10 Å². The highest BCUT2D eigenvalue weighted by Gasteiger charge is 2.42. The molecule has 0 aliphatic rings. The molecule has 4 rings (SSSR count). The van der Waals surface area contributed by atoms with E-state index in [1.165, 1.54) is 6.21 Å². The number of alkyl halides is 3. The van der Waals surface area contributed by atoms with Crippen molar-refractivity contribution in [1.82, 2.24) is 4.57 Å². The van der Waals surface area contributed by atoms with Crippen LogP contribution in [0.15, 0.2) is 53.6 Å². The van der Waals surface area contributed by atoms with Gasteiger partial charge in [0.25, 0.3) is 0 Å². The molecule has 0 atom stereocenters. The van der Waals surface area contributed by atoms with E-state index < -0.39 is 40.7 Å². The third-order valence-electron chi connectivity index (χ3n) is 5.63. The minimum Gasteiger partial charge on any atom is -0.340 e. The third kappa shape index (κ3) is 4.48. The Balaban J connectivity index is 1.75. The zero-order valence-corrected chi connectivity index (χ0v) is 18.4. The van der Waals surface area contributed by atoms with Crippen LogP contribution < -0.4 is 5.43 Å². The molecule has 0 spiro atoms. The fourth-order valence-electron chi connectivity index (χ4n) is 3.89. The van der Waals surface area contributed by atoms with Crippen LogP contribution in [-0.4, -0.2) is 10.8 Å². The van der Waals surface area contributed by atoms with Gasteiger partial charge in [-0.2, -0.15) is 18.3 Å². The van der Waals surface area contributed by atoms with E-state index in [0.717, 1.165) is 27.7 Å². The van der Waals surface area contributed by atoms with Crippen molar-refractivity contribution in [2.75, 3.05) is 5.43 Å². The summed E-state index contributed by atoms with van der Waals surface area (Å²) < 4.78 is 96.5. The van der Waals surface area contributed by atoms with Crippen LogP contribution in [0.2, 0.25) is 0 Å². The zero-order valence-electron chi connectivity index (χ0n) is 18.4. The number of benzene rings is 3. The van der Waals surface area contributed by atoms with Gasteiger partial charge in [0.05, 0.1) is 6.21 Å². The van der Waals surface area contributed by atoms with Crippen molar-refractivity contribution in [2.45, 2.75) is 26.6 Å². The zero-order chi connectivity index (χ0) is 25.5. The van der Waals surface area contributed by atoms with E-state index in [-0.39, 0.29) is 0 Å². The predicted octanol–water partition coefficient (Wildman–Crippen LogP) is 7.33. The average Bonchev–Trinajstić information content (AvgIpc) is 3.05. The molecule has 0 unspecified atom stereocenters. The summed E-state index contributed by atoms with van der Waals surface area (Å²) in [7, 11) is 0. The van der Waals surface area contributed by atoms with Crippen molar-refractivity contribution in [1.29, 1.82) is 0 Å². The molecule has 3 nitrogen and oxygen atoms in total. The highest BCUT2D eigenvalue weighted by Crippen LogP contribution is 2.38. The number of hydrogen-bond acceptors (Lipinski definition) is 2.